The number of rotatable bonds is 4. The van der Waals surface area contributed by atoms with Crippen LogP contribution in [0.25, 0.3) is 22.5 Å². The van der Waals surface area contributed by atoms with E-state index in [4.69, 9.17) is 14.5 Å². The molecule has 4 aromatic rings. The summed E-state index contributed by atoms with van der Waals surface area (Å²) in [5, 5.41) is 2.96. The Kier molecular flexibility index (Phi) is 5.53. The van der Waals surface area contributed by atoms with Gasteiger partial charge < -0.3 is 14.8 Å². The molecule has 5 rings (SSSR count). The molecular formula is C28H24N2O3. The van der Waals surface area contributed by atoms with Gasteiger partial charge in [-0.15, -0.1) is 0 Å². The summed E-state index contributed by atoms with van der Waals surface area (Å²) in [6.45, 7) is 5.16. The molecule has 1 aliphatic rings. The van der Waals surface area contributed by atoms with E-state index < -0.39 is 0 Å². The number of carbonyl (C=O) groups excluding carboxylic acids is 1. The number of carbonyl (C=O) groups is 1. The van der Waals surface area contributed by atoms with Crippen molar-refractivity contribution in [2.45, 2.75) is 13.8 Å². The lowest BCUT2D eigenvalue weighted by atomic mass is 10.1. The zero-order valence-corrected chi connectivity index (χ0v) is 18.6. The lowest BCUT2D eigenvalue weighted by Gasteiger charge is -2.18. The zero-order valence-electron chi connectivity index (χ0n) is 18.6. The van der Waals surface area contributed by atoms with E-state index in [1.807, 2.05) is 92.7 Å². The first kappa shape index (κ1) is 20.8. The summed E-state index contributed by atoms with van der Waals surface area (Å²) in [4.78, 5) is 17.4. The van der Waals surface area contributed by atoms with Crippen LogP contribution >= 0.6 is 0 Å². The molecule has 0 spiro atoms. The number of ether oxygens (including phenoxy) is 2. The molecule has 0 unspecified atom stereocenters. The van der Waals surface area contributed by atoms with Crippen LogP contribution in [0.5, 0.6) is 11.5 Å². The summed E-state index contributed by atoms with van der Waals surface area (Å²) in [7, 11) is 0. The molecule has 0 fully saturated rings. The number of nitrogens with zero attached hydrogens (tertiary/aromatic N) is 1. The van der Waals surface area contributed by atoms with Gasteiger partial charge in [-0.05, 0) is 79.6 Å². The molecule has 0 saturated heterocycles. The maximum atomic E-state index is 12.6. The predicted molar refractivity (Wildman–Crippen MR) is 130 cm³/mol. The van der Waals surface area contributed by atoms with Gasteiger partial charge in [0.2, 0.25) is 0 Å². The molecule has 164 valence electrons. The Balaban J connectivity index is 1.34. The van der Waals surface area contributed by atoms with Crippen molar-refractivity contribution in [3.05, 3.63) is 95.6 Å². The highest BCUT2D eigenvalue weighted by atomic mass is 16.6. The van der Waals surface area contributed by atoms with E-state index in [1.165, 1.54) is 5.56 Å². The fraction of sp³-hybridized carbons (Fsp3) is 0.143. The first-order valence-corrected chi connectivity index (χ1v) is 10.9. The van der Waals surface area contributed by atoms with Crippen molar-refractivity contribution in [3.63, 3.8) is 0 Å². The highest BCUT2D eigenvalue weighted by Crippen LogP contribution is 2.34. The third kappa shape index (κ3) is 4.44. The van der Waals surface area contributed by atoms with E-state index in [9.17, 15) is 4.79 Å². The van der Waals surface area contributed by atoms with Crippen LogP contribution in [0.15, 0.2) is 78.9 Å². The van der Waals surface area contributed by atoms with Gasteiger partial charge in [-0.1, -0.05) is 24.3 Å². The largest absolute Gasteiger partial charge is 0.486 e. The minimum Gasteiger partial charge on any atom is -0.486 e. The van der Waals surface area contributed by atoms with Crippen LogP contribution in [0.2, 0.25) is 0 Å². The smallest absolute Gasteiger partial charge is 0.255 e. The predicted octanol–water partition coefficient (Wildman–Crippen LogP) is 6.06. The van der Waals surface area contributed by atoms with Crippen molar-refractivity contribution in [1.82, 2.24) is 4.98 Å². The normalized spacial score (nSPS) is 12.3. The quantitative estimate of drug-likeness (QED) is 0.423. The molecule has 3 aromatic carbocycles. The van der Waals surface area contributed by atoms with E-state index in [0.717, 1.165) is 45.3 Å². The number of aryl methyl sites for hydroxylation is 2. The zero-order chi connectivity index (χ0) is 22.8. The van der Waals surface area contributed by atoms with Gasteiger partial charge in [-0.25, -0.2) is 4.98 Å². The van der Waals surface area contributed by atoms with Crippen molar-refractivity contribution in [2.75, 3.05) is 18.5 Å². The Morgan fingerprint density at radius 2 is 1.45 bits per heavy atom. The molecule has 1 aromatic heterocycles. The van der Waals surface area contributed by atoms with E-state index >= 15 is 0 Å². The first-order valence-electron chi connectivity index (χ1n) is 10.9. The minimum atomic E-state index is -0.121. The maximum Gasteiger partial charge on any atom is 0.255 e. The summed E-state index contributed by atoms with van der Waals surface area (Å²) in [5.74, 6) is 1.39. The SMILES string of the molecule is Cc1ccc(C(=O)Nc2ccc(-c3cccc(-c4ccc5c(c4)OCCO5)n3)cc2)cc1C. The van der Waals surface area contributed by atoms with Gasteiger partial charge in [0.05, 0.1) is 11.4 Å². The van der Waals surface area contributed by atoms with Crippen LogP contribution in [-0.4, -0.2) is 24.1 Å². The second kappa shape index (κ2) is 8.79. The molecule has 0 saturated carbocycles. The van der Waals surface area contributed by atoms with Gasteiger partial charge in [0.25, 0.3) is 5.91 Å². The Hall–Kier alpha value is -4.12. The number of fused-ring (bicyclic) bond motifs is 1. The number of amides is 1. The number of benzene rings is 3. The monoisotopic (exact) mass is 436 g/mol. The molecule has 2 heterocycles. The van der Waals surface area contributed by atoms with E-state index in [0.29, 0.717) is 18.8 Å². The standard InChI is InChI=1S/C28H24N2O3/c1-18-6-7-22(16-19(18)2)28(31)29-23-11-8-20(9-12-23)24-4-3-5-25(30-24)21-10-13-26-27(17-21)33-15-14-32-26/h3-13,16-17H,14-15H2,1-2H3,(H,29,31). The van der Waals surface area contributed by atoms with Crippen LogP contribution in [0.1, 0.15) is 21.5 Å². The number of hydrogen-bond donors (Lipinski definition) is 1. The summed E-state index contributed by atoms with van der Waals surface area (Å²) >= 11 is 0. The van der Waals surface area contributed by atoms with Crippen LogP contribution in [0, 0.1) is 13.8 Å². The second-order valence-electron chi connectivity index (χ2n) is 8.10. The average Bonchev–Trinajstić information content (AvgIpc) is 2.86. The lowest BCUT2D eigenvalue weighted by molar-refractivity contribution is 0.102. The number of anilines is 1. The number of aromatic nitrogens is 1. The third-order valence-electron chi connectivity index (χ3n) is 5.79. The maximum absolute atomic E-state index is 12.6. The third-order valence-corrected chi connectivity index (χ3v) is 5.79. The molecule has 0 radical (unpaired) electrons. The Morgan fingerprint density at radius 3 is 2.21 bits per heavy atom. The topological polar surface area (TPSA) is 60.5 Å². The van der Waals surface area contributed by atoms with Gasteiger partial charge in [0.15, 0.2) is 11.5 Å². The second-order valence-corrected chi connectivity index (χ2v) is 8.10. The summed E-state index contributed by atoms with van der Waals surface area (Å²) in [5.41, 5.74) is 7.31. The summed E-state index contributed by atoms with van der Waals surface area (Å²) < 4.78 is 11.3. The molecule has 5 heteroatoms. The van der Waals surface area contributed by atoms with Crippen molar-refractivity contribution in [2.24, 2.45) is 0 Å². The van der Waals surface area contributed by atoms with Crippen molar-refractivity contribution >= 4 is 11.6 Å². The van der Waals surface area contributed by atoms with Crippen molar-refractivity contribution in [1.29, 1.82) is 0 Å². The molecule has 33 heavy (non-hydrogen) atoms. The van der Waals surface area contributed by atoms with E-state index in [2.05, 4.69) is 5.32 Å². The van der Waals surface area contributed by atoms with Gasteiger partial charge in [-0.2, -0.15) is 0 Å². The van der Waals surface area contributed by atoms with Crippen LogP contribution < -0.4 is 14.8 Å². The molecule has 0 bridgehead atoms. The van der Waals surface area contributed by atoms with Gasteiger partial charge in [-0.3, -0.25) is 4.79 Å². The summed E-state index contributed by atoms with van der Waals surface area (Å²) in [6, 6.07) is 25.3. The number of pyridine rings is 1. The number of hydrogen-bond acceptors (Lipinski definition) is 4. The van der Waals surface area contributed by atoms with Gasteiger partial charge >= 0.3 is 0 Å². The highest BCUT2D eigenvalue weighted by molar-refractivity contribution is 6.04. The molecule has 1 amide bonds. The Labute approximate surface area is 193 Å². The number of nitrogens with one attached hydrogen (secondary N) is 1. The first-order chi connectivity index (χ1) is 16.1. The fourth-order valence-corrected chi connectivity index (χ4v) is 3.77. The molecule has 1 aliphatic heterocycles. The fourth-order valence-electron chi connectivity index (χ4n) is 3.77. The summed E-state index contributed by atoms with van der Waals surface area (Å²) in [6.07, 6.45) is 0. The molecular weight excluding hydrogens is 412 g/mol. The molecule has 1 N–H and O–H groups in total. The van der Waals surface area contributed by atoms with Crippen LogP contribution in [-0.2, 0) is 0 Å². The highest BCUT2D eigenvalue weighted by Gasteiger charge is 2.13. The minimum absolute atomic E-state index is 0.121. The molecule has 5 nitrogen and oxygen atoms in total. The van der Waals surface area contributed by atoms with Gasteiger partial charge in [0, 0.05) is 22.4 Å². The Bertz CT molecular complexity index is 1330. The van der Waals surface area contributed by atoms with Crippen LogP contribution in [0.4, 0.5) is 5.69 Å². The van der Waals surface area contributed by atoms with Crippen molar-refractivity contribution in [3.8, 4) is 34.0 Å². The van der Waals surface area contributed by atoms with Crippen molar-refractivity contribution < 1.29 is 14.3 Å². The lowest BCUT2D eigenvalue weighted by Crippen LogP contribution is -2.15. The van der Waals surface area contributed by atoms with E-state index in [-0.39, 0.29) is 5.91 Å². The molecule has 0 atom stereocenters. The average molecular weight is 437 g/mol. The van der Waals surface area contributed by atoms with Crippen LogP contribution in [0.3, 0.4) is 0 Å². The Morgan fingerprint density at radius 1 is 0.758 bits per heavy atom. The van der Waals surface area contributed by atoms with Gasteiger partial charge in [0.1, 0.15) is 13.2 Å². The van der Waals surface area contributed by atoms with E-state index in [1.54, 1.807) is 0 Å². The molecule has 0 aliphatic carbocycles.